The first kappa shape index (κ1) is 20.3. The van der Waals surface area contributed by atoms with Crippen LogP contribution >= 0.6 is 0 Å². The van der Waals surface area contributed by atoms with Crippen LogP contribution in [0.1, 0.15) is 18.1 Å². The Morgan fingerprint density at radius 3 is 1.45 bits per heavy atom. The van der Waals surface area contributed by atoms with Crippen molar-refractivity contribution in [1.82, 2.24) is 4.98 Å². The topological polar surface area (TPSA) is 50.2 Å². The van der Waals surface area contributed by atoms with E-state index in [0.29, 0.717) is 0 Å². The highest BCUT2D eigenvalue weighted by Gasteiger charge is 2.36. The number of aromatic nitrogens is 1. The fourth-order valence-electron chi connectivity index (χ4n) is 3.68. The molecular formula is C28H23NO2. The molecule has 0 saturated carbocycles. The average Bonchev–Trinajstić information content (AvgIpc) is 2.83. The number of carboxylic acids is 1. The molecule has 0 atom stereocenters. The van der Waals surface area contributed by atoms with Gasteiger partial charge in [0.2, 0.25) is 0 Å². The van der Waals surface area contributed by atoms with Crippen molar-refractivity contribution in [2.45, 2.75) is 12.3 Å². The van der Waals surface area contributed by atoms with Gasteiger partial charge in [-0.15, -0.1) is 0 Å². The number of para-hydroxylation sites is 2. The Labute approximate surface area is 181 Å². The molecule has 5 aromatic rings. The molecule has 1 aromatic heterocycles. The van der Waals surface area contributed by atoms with Crippen LogP contribution in [0.2, 0.25) is 0 Å². The summed E-state index contributed by atoms with van der Waals surface area (Å²) < 4.78 is 0. The van der Waals surface area contributed by atoms with E-state index in [4.69, 9.17) is 0 Å². The van der Waals surface area contributed by atoms with E-state index in [1.54, 1.807) is 6.92 Å². The fourth-order valence-corrected chi connectivity index (χ4v) is 3.68. The first-order chi connectivity index (χ1) is 15.1. The number of benzene rings is 4. The highest BCUT2D eigenvalue weighted by Crippen LogP contribution is 2.32. The van der Waals surface area contributed by atoms with Gasteiger partial charge in [-0.05, 0) is 36.2 Å². The molecule has 0 amide bonds. The molecule has 3 heteroatoms. The summed E-state index contributed by atoms with van der Waals surface area (Å²) in [7, 11) is 0. The van der Waals surface area contributed by atoms with E-state index in [-0.39, 0.29) is 0 Å². The SMILES string of the molecule is CC(C(=O)O)(c1ccccc1)c1ccccc1.c1ccc2nc3ccccc3cc2c1. The van der Waals surface area contributed by atoms with Crippen LogP contribution in [0.25, 0.3) is 21.8 Å². The van der Waals surface area contributed by atoms with Crippen molar-refractivity contribution >= 4 is 27.8 Å². The fraction of sp³-hybridized carbons (Fsp3) is 0.0714. The van der Waals surface area contributed by atoms with Crippen molar-refractivity contribution in [3.8, 4) is 0 Å². The van der Waals surface area contributed by atoms with E-state index >= 15 is 0 Å². The summed E-state index contributed by atoms with van der Waals surface area (Å²) in [6.45, 7) is 1.74. The highest BCUT2D eigenvalue weighted by atomic mass is 16.4. The Morgan fingerprint density at radius 1 is 0.645 bits per heavy atom. The molecule has 3 nitrogen and oxygen atoms in total. The molecule has 0 aliphatic carbocycles. The molecule has 4 aromatic carbocycles. The highest BCUT2D eigenvalue weighted by molar-refractivity contribution is 5.92. The van der Waals surface area contributed by atoms with Gasteiger partial charge in [-0.1, -0.05) is 97.1 Å². The smallest absolute Gasteiger partial charge is 0.318 e. The van der Waals surface area contributed by atoms with E-state index in [9.17, 15) is 9.90 Å². The van der Waals surface area contributed by atoms with Crippen LogP contribution in [0.4, 0.5) is 0 Å². The van der Waals surface area contributed by atoms with Gasteiger partial charge in [0.25, 0.3) is 0 Å². The summed E-state index contributed by atoms with van der Waals surface area (Å²) in [5.74, 6) is -0.838. The third kappa shape index (κ3) is 4.17. The number of fused-ring (bicyclic) bond motifs is 2. The second kappa shape index (κ2) is 8.80. The summed E-state index contributed by atoms with van der Waals surface area (Å²) in [5.41, 5.74) is 2.71. The summed E-state index contributed by atoms with van der Waals surface area (Å²) >= 11 is 0. The third-order valence-electron chi connectivity index (χ3n) is 5.56. The number of aliphatic carboxylic acids is 1. The van der Waals surface area contributed by atoms with Crippen molar-refractivity contribution in [1.29, 1.82) is 0 Å². The Morgan fingerprint density at radius 2 is 1.03 bits per heavy atom. The van der Waals surface area contributed by atoms with Crippen molar-refractivity contribution in [2.75, 3.05) is 0 Å². The van der Waals surface area contributed by atoms with Crippen LogP contribution in [0, 0.1) is 0 Å². The molecule has 0 bridgehead atoms. The minimum atomic E-state index is -0.998. The second-order valence-corrected chi connectivity index (χ2v) is 7.54. The number of pyridine rings is 1. The molecule has 0 fully saturated rings. The predicted octanol–water partition coefficient (Wildman–Crippen LogP) is 6.47. The minimum Gasteiger partial charge on any atom is -0.480 e. The maximum absolute atomic E-state index is 11.6. The van der Waals surface area contributed by atoms with Gasteiger partial charge in [-0.2, -0.15) is 0 Å². The van der Waals surface area contributed by atoms with Gasteiger partial charge >= 0.3 is 5.97 Å². The Bertz CT molecular complexity index is 1170. The van der Waals surface area contributed by atoms with Crippen LogP contribution in [0.3, 0.4) is 0 Å². The molecule has 5 rings (SSSR count). The minimum absolute atomic E-state index is 0.790. The van der Waals surface area contributed by atoms with Gasteiger partial charge < -0.3 is 5.11 Å². The lowest BCUT2D eigenvalue weighted by atomic mass is 9.76. The van der Waals surface area contributed by atoms with Gasteiger partial charge in [0.05, 0.1) is 11.0 Å². The summed E-state index contributed by atoms with van der Waals surface area (Å²) in [6.07, 6.45) is 0. The monoisotopic (exact) mass is 405 g/mol. The van der Waals surface area contributed by atoms with Crippen molar-refractivity contribution in [3.63, 3.8) is 0 Å². The first-order valence-electron chi connectivity index (χ1n) is 10.2. The number of carboxylic acid groups (broad SMARTS) is 1. The average molecular weight is 405 g/mol. The molecule has 1 N–H and O–H groups in total. The number of rotatable bonds is 3. The number of carbonyl (C=O) groups is 1. The number of nitrogens with zero attached hydrogens (tertiary/aromatic N) is 1. The Hall–Kier alpha value is -3.98. The quantitative estimate of drug-likeness (QED) is 0.350. The lowest BCUT2D eigenvalue weighted by molar-refractivity contribution is -0.141. The second-order valence-electron chi connectivity index (χ2n) is 7.54. The molecule has 152 valence electrons. The van der Waals surface area contributed by atoms with Gasteiger partial charge in [-0.25, -0.2) is 4.98 Å². The summed E-state index contributed by atoms with van der Waals surface area (Å²) in [4.78, 5) is 16.2. The van der Waals surface area contributed by atoms with E-state index in [1.165, 1.54) is 10.8 Å². The zero-order valence-electron chi connectivity index (χ0n) is 17.3. The summed E-state index contributed by atoms with van der Waals surface area (Å²) in [5, 5.41) is 11.9. The molecule has 0 radical (unpaired) electrons. The predicted molar refractivity (Wildman–Crippen MR) is 126 cm³/mol. The van der Waals surface area contributed by atoms with Crippen LogP contribution in [-0.2, 0) is 10.2 Å². The lowest BCUT2D eigenvalue weighted by Gasteiger charge is -2.25. The van der Waals surface area contributed by atoms with Crippen LogP contribution < -0.4 is 0 Å². The molecule has 0 aliphatic heterocycles. The van der Waals surface area contributed by atoms with Crippen LogP contribution in [-0.4, -0.2) is 16.1 Å². The standard InChI is InChI=1S/C15H14O2.C13H9N/c1-15(14(16)17,12-8-4-2-5-9-12)13-10-6-3-7-11-13;1-3-7-12-10(5-1)9-11-6-2-4-8-13(11)14-12/h2-11H,1H3,(H,16,17);1-9H. The number of hydrogen-bond acceptors (Lipinski definition) is 2. The zero-order valence-corrected chi connectivity index (χ0v) is 17.3. The molecule has 0 spiro atoms. The van der Waals surface area contributed by atoms with Crippen molar-refractivity contribution in [2.24, 2.45) is 0 Å². The van der Waals surface area contributed by atoms with Gasteiger partial charge in [0, 0.05) is 10.8 Å². The largest absolute Gasteiger partial charge is 0.480 e. The normalized spacial score (nSPS) is 11.0. The molecular weight excluding hydrogens is 382 g/mol. The maximum Gasteiger partial charge on any atom is 0.318 e. The lowest BCUT2D eigenvalue weighted by Crippen LogP contribution is -2.33. The summed E-state index contributed by atoms with van der Waals surface area (Å²) in [6, 6.07) is 37.2. The van der Waals surface area contributed by atoms with Crippen molar-refractivity contribution < 1.29 is 9.90 Å². The van der Waals surface area contributed by atoms with Crippen LogP contribution in [0.5, 0.6) is 0 Å². The molecule has 31 heavy (non-hydrogen) atoms. The molecule has 0 aliphatic rings. The molecule has 1 heterocycles. The van der Waals surface area contributed by atoms with Gasteiger partial charge in [0.15, 0.2) is 0 Å². The van der Waals surface area contributed by atoms with E-state index in [2.05, 4.69) is 23.2 Å². The van der Waals surface area contributed by atoms with Crippen molar-refractivity contribution in [3.05, 3.63) is 126 Å². The van der Waals surface area contributed by atoms with E-state index in [0.717, 1.165) is 22.2 Å². The van der Waals surface area contributed by atoms with E-state index in [1.807, 2.05) is 97.1 Å². The maximum atomic E-state index is 11.6. The first-order valence-corrected chi connectivity index (χ1v) is 10.2. The van der Waals surface area contributed by atoms with Crippen LogP contribution in [0.15, 0.2) is 115 Å². The van der Waals surface area contributed by atoms with E-state index < -0.39 is 11.4 Å². The van der Waals surface area contributed by atoms with Gasteiger partial charge in [0.1, 0.15) is 5.41 Å². The Kier molecular flexibility index (Phi) is 5.76. The van der Waals surface area contributed by atoms with Gasteiger partial charge in [-0.3, -0.25) is 4.79 Å². The zero-order chi connectivity index (χ0) is 21.7. The third-order valence-corrected chi connectivity index (χ3v) is 5.56. The Balaban J connectivity index is 0.000000151. The molecule has 0 unspecified atom stereocenters. The molecule has 0 saturated heterocycles. The number of hydrogen-bond donors (Lipinski definition) is 1.